The van der Waals surface area contributed by atoms with E-state index in [1.165, 1.54) is 28.2 Å². The first-order chi connectivity index (χ1) is 11.5. The van der Waals surface area contributed by atoms with E-state index >= 15 is 0 Å². The van der Waals surface area contributed by atoms with Gasteiger partial charge in [0.15, 0.2) is 5.17 Å². The van der Waals surface area contributed by atoms with Gasteiger partial charge in [0.2, 0.25) is 0 Å². The molecule has 0 unspecified atom stereocenters. The summed E-state index contributed by atoms with van der Waals surface area (Å²) in [5.41, 5.74) is 1.11. The predicted octanol–water partition coefficient (Wildman–Crippen LogP) is 4.40. The third kappa shape index (κ3) is 3.96. The molecule has 3 rings (SSSR count). The van der Waals surface area contributed by atoms with Gasteiger partial charge in [-0.2, -0.15) is 0 Å². The average molecular weight is 446 g/mol. The Kier molecular flexibility index (Phi) is 5.54. The van der Waals surface area contributed by atoms with Gasteiger partial charge in [-0.3, -0.25) is 4.99 Å². The van der Waals surface area contributed by atoms with Gasteiger partial charge in [0.25, 0.3) is 10.0 Å². The SMILES string of the molecule is O=S(=O)(c1ccc(Cl)cc1)N1CCN=C1SCc1ccc(Br)cc1. The van der Waals surface area contributed by atoms with Gasteiger partial charge in [0, 0.05) is 15.2 Å². The fourth-order valence-corrected chi connectivity index (χ4v) is 5.28. The second-order valence-electron chi connectivity index (χ2n) is 5.11. The van der Waals surface area contributed by atoms with Crippen LogP contribution in [0.25, 0.3) is 0 Å². The summed E-state index contributed by atoms with van der Waals surface area (Å²) in [6.45, 7) is 0.850. The fraction of sp³-hybridized carbons (Fsp3) is 0.188. The lowest BCUT2D eigenvalue weighted by atomic mass is 10.2. The lowest BCUT2D eigenvalue weighted by Gasteiger charge is -2.20. The summed E-state index contributed by atoms with van der Waals surface area (Å²) in [5, 5.41) is 1.04. The smallest absolute Gasteiger partial charge is 0.260 e. The van der Waals surface area contributed by atoms with Crippen LogP contribution in [0.4, 0.5) is 0 Å². The first-order valence-electron chi connectivity index (χ1n) is 7.17. The maximum Gasteiger partial charge on any atom is 0.265 e. The van der Waals surface area contributed by atoms with E-state index in [-0.39, 0.29) is 4.90 Å². The van der Waals surface area contributed by atoms with Gasteiger partial charge in [-0.1, -0.05) is 51.4 Å². The molecule has 1 aliphatic rings. The Morgan fingerprint density at radius 1 is 1.12 bits per heavy atom. The molecule has 4 nitrogen and oxygen atoms in total. The molecule has 0 bridgehead atoms. The zero-order valence-corrected chi connectivity index (χ0v) is 16.5. The largest absolute Gasteiger partial charge is 0.265 e. The summed E-state index contributed by atoms with van der Waals surface area (Å²) < 4.78 is 28.0. The highest BCUT2D eigenvalue weighted by Gasteiger charge is 2.30. The van der Waals surface area contributed by atoms with Crippen molar-refractivity contribution in [2.45, 2.75) is 10.6 Å². The van der Waals surface area contributed by atoms with E-state index in [4.69, 9.17) is 11.6 Å². The Labute approximate surface area is 159 Å². The summed E-state index contributed by atoms with van der Waals surface area (Å²) in [6.07, 6.45) is 0. The number of aliphatic imine (C=N–C) groups is 1. The first kappa shape index (κ1) is 17.8. The monoisotopic (exact) mass is 444 g/mol. The van der Waals surface area contributed by atoms with E-state index in [1.54, 1.807) is 12.1 Å². The third-order valence-corrected chi connectivity index (χ3v) is 7.23. The summed E-state index contributed by atoms with van der Waals surface area (Å²) in [5.74, 6) is 0.665. The number of amidine groups is 1. The van der Waals surface area contributed by atoms with Crippen molar-refractivity contribution in [3.63, 3.8) is 0 Å². The Hall–Kier alpha value is -1.02. The van der Waals surface area contributed by atoms with Crippen molar-refractivity contribution < 1.29 is 8.42 Å². The van der Waals surface area contributed by atoms with E-state index in [9.17, 15) is 8.42 Å². The Balaban J connectivity index is 1.75. The Bertz CT molecular complexity index is 853. The van der Waals surface area contributed by atoms with E-state index in [1.807, 2.05) is 24.3 Å². The molecule has 24 heavy (non-hydrogen) atoms. The number of hydrogen-bond donors (Lipinski definition) is 0. The predicted molar refractivity (Wildman–Crippen MR) is 103 cm³/mol. The molecule has 0 atom stereocenters. The molecule has 0 aliphatic carbocycles. The van der Waals surface area contributed by atoms with Crippen LogP contribution in [0.5, 0.6) is 0 Å². The number of rotatable bonds is 4. The highest BCUT2D eigenvalue weighted by Crippen LogP contribution is 2.26. The molecule has 2 aromatic carbocycles. The van der Waals surface area contributed by atoms with Gasteiger partial charge < -0.3 is 0 Å². The van der Waals surface area contributed by atoms with Crippen LogP contribution in [-0.2, 0) is 15.8 Å². The van der Waals surface area contributed by atoms with E-state index < -0.39 is 10.0 Å². The maximum atomic E-state index is 12.8. The van der Waals surface area contributed by atoms with Gasteiger partial charge in [-0.25, -0.2) is 12.7 Å². The number of nitrogens with zero attached hydrogens (tertiary/aromatic N) is 2. The van der Waals surface area contributed by atoms with Crippen molar-refractivity contribution >= 4 is 54.5 Å². The molecular weight excluding hydrogens is 432 g/mol. The Morgan fingerprint density at radius 2 is 1.79 bits per heavy atom. The molecule has 0 saturated carbocycles. The van der Waals surface area contributed by atoms with Crippen LogP contribution in [0.15, 0.2) is 62.9 Å². The molecular formula is C16H14BrClN2O2S2. The molecule has 0 fully saturated rings. The number of hydrogen-bond acceptors (Lipinski definition) is 4. The highest BCUT2D eigenvalue weighted by molar-refractivity contribution is 9.10. The standard InChI is InChI=1S/C16H14BrClN2O2S2/c17-13-3-1-12(2-4-13)11-23-16-19-9-10-20(16)24(21,22)15-7-5-14(18)6-8-15/h1-8H,9-11H2. The summed E-state index contributed by atoms with van der Waals surface area (Å²) in [6, 6.07) is 14.1. The summed E-state index contributed by atoms with van der Waals surface area (Å²) in [4.78, 5) is 4.58. The van der Waals surface area contributed by atoms with E-state index in [2.05, 4.69) is 20.9 Å². The van der Waals surface area contributed by atoms with Gasteiger partial charge in [0.05, 0.1) is 18.0 Å². The molecule has 1 aliphatic heterocycles. The zero-order chi connectivity index (χ0) is 17.2. The summed E-state index contributed by atoms with van der Waals surface area (Å²) in [7, 11) is -3.60. The number of benzene rings is 2. The molecule has 0 radical (unpaired) electrons. The minimum Gasteiger partial charge on any atom is -0.260 e. The van der Waals surface area contributed by atoms with Crippen molar-refractivity contribution in [2.24, 2.45) is 4.99 Å². The molecule has 8 heteroatoms. The van der Waals surface area contributed by atoms with Gasteiger partial charge >= 0.3 is 0 Å². The van der Waals surface area contributed by atoms with Crippen LogP contribution in [0, 0.1) is 0 Å². The van der Waals surface area contributed by atoms with Crippen LogP contribution < -0.4 is 0 Å². The van der Waals surface area contributed by atoms with Crippen LogP contribution in [0.3, 0.4) is 0 Å². The molecule has 0 saturated heterocycles. The third-order valence-electron chi connectivity index (χ3n) is 3.45. The molecule has 0 aromatic heterocycles. The number of sulfonamides is 1. The van der Waals surface area contributed by atoms with Crippen LogP contribution in [0.2, 0.25) is 5.02 Å². The lowest BCUT2D eigenvalue weighted by Crippen LogP contribution is -2.32. The van der Waals surface area contributed by atoms with Gasteiger partial charge in [-0.05, 0) is 42.0 Å². The topological polar surface area (TPSA) is 49.7 Å². The molecule has 2 aromatic rings. The molecule has 0 amide bonds. The molecule has 0 spiro atoms. The summed E-state index contributed by atoms with van der Waals surface area (Å²) >= 11 is 10.7. The minimum atomic E-state index is -3.60. The lowest BCUT2D eigenvalue weighted by molar-refractivity contribution is 0.540. The fourth-order valence-electron chi connectivity index (χ4n) is 2.21. The second kappa shape index (κ2) is 7.47. The zero-order valence-electron chi connectivity index (χ0n) is 12.5. The molecule has 1 heterocycles. The molecule has 126 valence electrons. The van der Waals surface area contributed by atoms with Crippen molar-refractivity contribution in [3.8, 4) is 0 Å². The quantitative estimate of drug-likeness (QED) is 0.701. The number of halogens is 2. The van der Waals surface area contributed by atoms with Gasteiger partial charge in [-0.15, -0.1) is 0 Å². The minimum absolute atomic E-state index is 0.228. The van der Waals surface area contributed by atoms with E-state index in [0.717, 1.165) is 10.0 Å². The van der Waals surface area contributed by atoms with Gasteiger partial charge in [0.1, 0.15) is 0 Å². The molecule has 0 N–H and O–H groups in total. The van der Waals surface area contributed by atoms with Crippen molar-refractivity contribution in [2.75, 3.05) is 13.1 Å². The van der Waals surface area contributed by atoms with Crippen molar-refractivity contribution in [3.05, 3.63) is 63.6 Å². The number of thioether (sulfide) groups is 1. The van der Waals surface area contributed by atoms with Crippen LogP contribution in [-0.4, -0.2) is 31.0 Å². The average Bonchev–Trinajstić information content (AvgIpc) is 3.04. The van der Waals surface area contributed by atoms with Crippen molar-refractivity contribution in [1.29, 1.82) is 0 Å². The van der Waals surface area contributed by atoms with Crippen molar-refractivity contribution in [1.82, 2.24) is 4.31 Å². The first-order valence-corrected chi connectivity index (χ1v) is 10.8. The second-order valence-corrected chi connectivity index (χ2v) is 9.27. The normalized spacial score (nSPS) is 14.8. The Morgan fingerprint density at radius 3 is 2.46 bits per heavy atom. The van der Waals surface area contributed by atoms with Crippen LogP contribution in [0.1, 0.15) is 5.56 Å². The maximum absolute atomic E-state index is 12.8. The van der Waals surface area contributed by atoms with E-state index in [0.29, 0.717) is 29.0 Å². The highest BCUT2D eigenvalue weighted by atomic mass is 79.9. The van der Waals surface area contributed by atoms with Crippen LogP contribution >= 0.6 is 39.3 Å².